The number of carbonyl (C=O) groups is 1. The van der Waals surface area contributed by atoms with E-state index in [1.54, 1.807) is 29.2 Å². The van der Waals surface area contributed by atoms with Gasteiger partial charge in [0.15, 0.2) is 0 Å². The number of benzene rings is 1. The summed E-state index contributed by atoms with van der Waals surface area (Å²) in [6, 6.07) is 12.8. The molecule has 0 unspecified atom stereocenters. The number of hydrogen-bond donors (Lipinski definition) is 1. The molecule has 0 spiro atoms. The maximum Gasteiger partial charge on any atom is 0.573 e. The fourth-order valence-corrected chi connectivity index (χ4v) is 4.26. The molecule has 1 fully saturated rings. The zero-order chi connectivity index (χ0) is 22.7. The van der Waals surface area contributed by atoms with Crippen molar-refractivity contribution in [2.24, 2.45) is 0 Å². The molecule has 1 aliphatic rings. The number of ether oxygens (including phenoxy) is 1. The lowest BCUT2D eigenvalue weighted by Crippen LogP contribution is -2.49. The van der Waals surface area contributed by atoms with Gasteiger partial charge in [0.2, 0.25) is 0 Å². The standard InChI is InChI=1S/C22H20F3N3O3S/c23-22(24,25)31-16-5-3-15(4-6-16)14-27-9-11-28(12-10-27)21(30)17-7-8-18(26-20(17)29)19-2-1-13-32-19/h1-8,13H,9-12,14H2,(H,26,29). The van der Waals surface area contributed by atoms with E-state index in [0.717, 1.165) is 10.4 Å². The molecule has 1 aliphatic heterocycles. The lowest BCUT2D eigenvalue weighted by Gasteiger charge is -2.34. The van der Waals surface area contributed by atoms with Crippen molar-refractivity contribution in [3.8, 4) is 16.3 Å². The largest absolute Gasteiger partial charge is 0.573 e. The van der Waals surface area contributed by atoms with Crippen molar-refractivity contribution < 1.29 is 22.7 Å². The first kappa shape index (κ1) is 22.1. The molecule has 32 heavy (non-hydrogen) atoms. The van der Waals surface area contributed by atoms with Crippen molar-refractivity contribution in [1.29, 1.82) is 0 Å². The van der Waals surface area contributed by atoms with E-state index in [1.165, 1.54) is 23.5 Å². The minimum Gasteiger partial charge on any atom is -0.406 e. The number of aromatic nitrogens is 1. The average molecular weight is 463 g/mol. The number of H-pyrrole nitrogens is 1. The van der Waals surface area contributed by atoms with Crippen LogP contribution in [0.4, 0.5) is 13.2 Å². The van der Waals surface area contributed by atoms with Gasteiger partial charge in [0, 0.05) is 32.7 Å². The Kier molecular flexibility index (Phi) is 6.33. The van der Waals surface area contributed by atoms with Gasteiger partial charge in [-0.15, -0.1) is 24.5 Å². The van der Waals surface area contributed by atoms with Crippen molar-refractivity contribution >= 4 is 17.2 Å². The number of amides is 1. The van der Waals surface area contributed by atoms with Crippen molar-refractivity contribution in [2.45, 2.75) is 12.9 Å². The van der Waals surface area contributed by atoms with Crippen molar-refractivity contribution in [3.63, 3.8) is 0 Å². The molecule has 168 valence electrons. The molecule has 1 amide bonds. The highest BCUT2D eigenvalue weighted by Crippen LogP contribution is 2.24. The highest BCUT2D eigenvalue weighted by molar-refractivity contribution is 7.13. The molecule has 0 radical (unpaired) electrons. The second kappa shape index (κ2) is 9.17. The van der Waals surface area contributed by atoms with Crippen molar-refractivity contribution in [1.82, 2.24) is 14.8 Å². The first-order valence-electron chi connectivity index (χ1n) is 9.92. The maximum absolute atomic E-state index is 12.8. The Morgan fingerprint density at radius 2 is 1.75 bits per heavy atom. The normalized spacial score (nSPS) is 15.0. The van der Waals surface area contributed by atoms with E-state index in [1.807, 2.05) is 17.5 Å². The van der Waals surface area contributed by atoms with Gasteiger partial charge >= 0.3 is 6.36 Å². The van der Waals surface area contributed by atoms with Crippen molar-refractivity contribution in [3.05, 3.63) is 75.4 Å². The van der Waals surface area contributed by atoms with E-state index in [2.05, 4.69) is 14.6 Å². The zero-order valence-corrected chi connectivity index (χ0v) is 17.7. The molecule has 3 heterocycles. The number of rotatable bonds is 5. The average Bonchev–Trinajstić information content (AvgIpc) is 3.29. The molecule has 0 atom stereocenters. The molecular formula is C22H20F3N3O3S. The number of carbonyl (C=O) groups excluding carboxylic acids is 1. The predicted octanol–water partition coefficient (Wildman–Crippen LogP) is 3.96. The van der Waals surface area contributed by atoms with E-state index in [9.17, 15) is 22.8 Å². The van der Waals surface area contributed by atoms with Crippen molar-refractivity contribution in [2.75, 3.05) is 26.2 Å². The first-order valence-corrected chi connectivity index (χ1v) is 10.8. The Bertz CT molecular complexity index is 1120. The molecule has 0 bridgehead atoms. The van der Waals surface area contributed by atoms with Crippen LogP contribution in [-0.2, 0) is 6.54 Å². The van der Waals surface area contributed by atoms with E-state index in [0.29, 0.717) is 38.4 Å². The number of thiophene rings is 1. The third-order valence-corrected chi connectivity index (χ3v) is 6.05. The van der Waals surface area contributed by atoms with E-state index in [4.69, 9.17) is 0 Å². The predicted molar refractivity (Wildman–Crippen MR) is 115 cm³/mol. The third-order valence-electron chi connectivity index (χ3n) is 5.15. The molecule has 2 aromatic heterocycles. The quantitative estimate of drug-likeness (QED) is 0.622. The fraction of sp³-hybridized carbons (Fsp3) is 0.273. The molecule has 0 saturated carbocycles. The Hall–Kier alpha value is -3.11. The molecule has 1 aromatic carbocycles. The number of piperazine rings is 1. The lowest BCUT2D eigenvalue weighted by atomic mass is 10.1. The summed E-state index contributed by atoms with van der Waals surface area (Å²) in [7, 11) is 0. The number of halogens is 3. The van der Waals surface area contributed by atoms with Gasteiger partial charge in [-0.05, 0) is 41.3 Å². The summed E-state index contributed by atoms with van der Waals surface area (Å²) in [4.78, 5) is 32.7. The first-order chi connectivity index (χ1) is 15.3. The highest BCUT2D eigenvalue weighted by atomic mass is 32.1. The van der Waals surface area contributed by atoms with Gasteiger partial charge in [-0.1, -0.05) is 18.2 Å². The van der Waals surface area contributed by atoms with E-state index < -0.39 is 11.9 Å². The smallest absolute Gasteiger partial charge is 0.406 e. The van der Waals surface area contributed by atoms with Crippen LogP contribution >= 0.6 is 11.3 Å². The number of alkyl halides is 3. The Morgan fingerprint density at radius 3 is 2.34 bits per heavy atom. The monoisotopic (exact) mass is 463 g/mol. The van der Waals surface area contributed by atoms with Gasteiger partial charge in [0.25, 0.3) is 11.5 Å². The summed E-state index contributed by atoms with van der Waals surface area (Å²) in [5, 5.41) is 1.91. The zero-order valence-electron chi connectivity index (χ0n) is 16.9. The Labute approximate surface area is 185 Å². The molecule has 4 rings (SSSR count). The molecule has 3 aromatic rings. The van der Waals surface area contributed by atoms with Crippen LogP contribution in [0.1, 0.15) is 15.9 Å². The number of nitrogens with one attached hydrogen (secondary N) is 1. The molecular weight excluding hydrogens is 443 g/mol. The van der Waals surface area contributed by atoms with Crippen LogP contribution in [0.2, 0.25) is 0 Å². The van der Waals surface area contributed by atoms with Gasteiger partial charge in [-0.2, -0.15) is 0 Å². The fourth-order valence-electron chi connectivity index (χ4n) is 3.55. The van der Waals surface area contributed by atoms with E-state index in [-0.39, 0.29) is 17.2 Å². The Morgan fingerprint density at radius 1 is 1.03 bits per heavy atom. The van der Waals surface area contributed by atoms with Gasteiger partial charge in [0.1, 0.15) is 11.3 Å². The van der Waals surface area contributed by atoms with Crippen LogP contribution in [-0.4, -0.2) is 53.2 Å². The van der Waals surface area contributed by atoms with Crippen LogP contribution in [0.5, 0.6) is 5.75 Å². The topological polar surface area (TPSA) is 65.6 Å². The number of aromatic amines is 1. The summed E-state index contributed by atoms with van der Waals surface area (Å²) in [6.07, 6.45) is -4.71. The van der Waals surface area contributed by atoms with Gasteiger partial charge in [-0.3, -0.25) is 14.5 Å². The molecule has 0 aliphatic carbocycles. The van der Waals surface area contributed by atoms with Crippen LogP contribution in [0.15, 0.2) is 58.7 Å². The number of hydrogen-bond acceptors (Lipinski definition) is 5. The van der Waals surface area contributed by atoms with Crippen LogP contribution in [0.3, 0.4) is 0 Å². The summed E-state index contributed by atoms with van der Waals surface area (Å²) in [5.74, 6) is -0.565. The Balaban J connectivity index is 1.32. The minimum absolute atomic E-state index is 0.110. The molecule has 10 heteroatoms. The summed E-state index contributed by atoms with van der Waals surface area (Å²) in [5.41, 5.74) is 1.22. The molecule has 1 saturated heterocycles. The second-order valence-corrected chi connectivity index (χ2v) is 8.30. The maximum atomic E-state index is 12.8. The lowest BCUT2D eigenvalue weighted by molar-refractivity contribution is -0.274. The third kappa shape index (κ3) is 5.38. The van der Waals surface area contributed by atoms with Crippen LogP contribution < -0.4 is 10.3 Å². The summed E-state index contributed by atoms with van der Waals surface area (Å²) in [6.45, 7) is 2.65. The highest BCUT2D eigenvalue weighted by Gasteiger charge is 2.31. The minimum atomic E-state index is -4.71. The summed E-state index contributed by atoms with van der Waals surface area (Å²) >= 11 is 1.50. The SMILES string of the molecule is O=C(c1ccc(-c2cccs2)[nH]c1=O)N1CCN(Cc2ccc(OC(F)(F)F)cc2)CC1. The van der Waals surface area contributed by atoms with Crippen LogP contribution in [0, 0.1) is 0 Å². The second-order valence-electron chi connectivity index (χ2n) is 7.35. The number of pyridine rings is 1. The van der Waals surface area contributed by atoms with Crippen LogP contribution in [0.25, 0.3) is 10.6 Å². The molecule has 1 N–H and O–H groups in total. The summed E-state index contributed by atoms with van der Waals surface area (Å²) < 4.78 is 40.7. The number of nitrogens with zero attached hydrogens (tertiary/aromatic N) is 2. The van der Waals surface area contributed by atoms with Gasteiger partial charge in [0.05, 0.1) is 10.6 Å². The van der Waals surface area contributed by atoms with Gasteiger partial charge < -0.3 is 14.6 Å². The van der Waals surface area contributed by atoms with E-state index >= 15 is 0 Å². The van der Waals surface area contributed by atoms with Gasteiger partial charge in [-0.25, -0.2) is 0 Å². The molecule has 6 nitrogen and oxygen atoms in total.